The van der Waals surface area contributed by atoms with Crippen LogP contribution in [0.5, 0.6) is 0 Å². The lowest BCUT2D eigenvalue weighted by Crippen LogP contribution is -2.18. The second-order valence-corrected chi connectivity index (χ2v) is 4.32. The molecular formula is C14H21N3O2. The Labute approximate surface area is 113 Å². The third-order valence-corrected chi connectivity index (χ3v) is 2.45. The zero-order chi connectivity index (χ0) is 14.3. The molecule has 4 N–H and O–H groups in total. The van der Waals surface area contributed by atoms with E-state index >= 15 is 0 Å². The highest BCUT2D eigenvalue weighted by molar-refractivity contribution is 5.95. The van der Waals surface area contributed by atoms with Gasteiger partial charge in [0.05, 0.1) is 24.6 Å². The van der Waals surface area contributed by atoms with Gasteiger partial charge in [0.1, 0.15) is 0 Å². The number of ether oxygens (including phenoxy) is 1. The van der Waals surface area contributed by atoms with Gasteiger partial charge in [-0.1, -0.05) is 12.2 Å². The van der Waals surface area contributed by atoms with Crippen LogP contribution in [0, 0.1) is 0 Å². The van der Waals surface area contributed by atoms with Gasteiger partial charge in [-0.25, -0.2) is 0 Å². The van der Waals surface area contributed by atoms with E-state index in [4.69, 9.17) is 10.5 Å². The maximum Gasteiger partial charge on any atom is 0.251 e. The minimum absolute atomic E-state index is 0.150. The third kappa shape index (κ3) is 5.01. The van der Waals surface area contributed by atoms with Gasteiger partial charge in [-0.3, -0.25) is 4.79 Å². The summed E-state index contributed by atoms with van der Waals surface area (Å²) < 4.78 is 5.37. The van der Waals surface area contributed by atoms with Gasteiger partial charge in [-0.05, 0) is 25.1 Å². The highest BCUT2D eigenvalue weighted by Crippen LogP contribution is 2.19. The van der Waals surface area contributed by atoms with Crippen molar-refractivity contribution in [1.29, 1.82) is 0 Å². The first kappa shape index (κ1) is 15.0. The maximum absolute atomic E-state index is 11.4. The predicted octanol–water partition coefficient (Wildman–Crippen LogP) is 1.63. The number of hydrogen-bond acceptors (Lipinski definition) is 4. The Morgan fingerprint density at radius 1 is 1.47 bits per heavy atom. The minimum atomic E-state index is -0.150. The first-order chi connectivity index (χ1) is 9.04. The van der Waals surface area contributed by atoms with Gasteiger partial charge in [0.25, 0.3) is 5.91 Å². The fourth-order valence-electron chi connectivity index (χ4n) is 1.51. The highest BCUT2D eigenvalue weighted by Gasteiger charge is 2.05. The molecule has 0 atom stereocenters. The fraction of sp³-hybridized carbons (Fsp3) is 0.357. The largest absolute Gasteiger partial charge is 0.397 e. The molecule has 0 aliphatic heterocycles. The van der Waals surface area contributed by atoms with E-state index < -0.39 is 0 Å². The van der Waals surface area contributed by atoms with Gasteiger partial charge in [-0.2, -0.15) is 0 Å². The van der Waals surface area contributed by atoms with Crippen LogP contribution in [-0.2, 0) is 4.74 Å². The molecule has 0 spiro atoms. The number of nitrogens with two attached hydrogens (primary N) is 1. The third-order valence-electron chi connectivity index (χ3n) is 2.45. The van der Waals surface area contributed by atoms with Crippen LogP contribution in [0.2, 0.25) is 0 Å². The molecular weight excluding hydrogens is 242 g/mol. The normalized spacial score (nSPS) is 10.0. The van der Waals surface area contributed by atoms with Crippen molar-refractivity contribution in [2.75, 3.05) is 37.9 Å². The fourth-order valence-corrected chi connectivity index (χ4v) is 1.51. The molecule has 0 aliphatic carbocycles. The summed E-state index contributed by atoms with van der Waals surface area (Å²) in [4.78, 5) is 11.4. The molecule has 0 unspecified atom stereocenters. The van der Waals surface area contributed by atoms with E-state index in [0.29, 0.717) is 31.0 Å². The summed E-state index contributed by atoms with van der Waals surface area (Å²) in [5.41, 5.74) is 8.76. The summed E-state index contributed by atoms with van der Waals surface area (Å²) in [6, 6.07) is 5.17. The standard InChI is InChI=1S/C14H21N3O2/c1-10(2)9-19-7-6-17-13-5-4-11(8-12(13)15)14(18)16-3/h4-5,8,17H,1,6-7,9,15H2,2-3H3,(H,16,18). The molecule has 0 heterocycles. The maximum atomic E-state index is 11.4. The lowest BCUT2D eigenvalue weighted by atomic mass is 10.1. The highest BCUT2D eigenvalue weighted by atomic mass is 16.5. The Morgan fingerprint density at radius 2 is 2.21 bits per heavy atom. The molecule has 104 valence electrons. The van der Waals surface area contributed by atoms with Crippen LogP contribution >= 0.6 is 0 Å². The van der Waals surface area contributed by atoms with E-state index in [2.05, 4.69) is 17.2 Å². The van der Waals surface area contributed by atoms with Crippen molar-refractivity contribution in [2.45, 2.75) is 6.92 Å². The average Bonchev–Trinajstić information content (AvgIpc) is 2.38. The first-order valence-electron chi connectivity index (χ1n) is 6.12. The molecule has 1 amide bonds. The SMILES string of the molecule is C=C(C)COCCNc1ccc(C(=O)NC)cc1N. The minimum Gasteiger partial charge on any atom is -0.397 e. The van der Waals surface area contributed by atoms with Crippen LogP contribution < -0.4 is 16.4 Å². The van der Waals surface area contributed by atoms with Gasteiger partial charge in [0, 0.05) is 19.2 Å². The van der Waals surface area contributed by atoms with Crippen molar-refractivity contribution >= 4 is 17.3 Å². The number of nitrogen functional groups attached to an aromatic ring is 1. The summed E-state index contributed by atoms with van der Waals surface area (Å²) in [5.74, 6) is -0.150. The number of anilines is 2. The lowest BCUT2D eigenvalue weighted by Gasteiger charge is -2.11. The number of hydrogen-bond donors (Lipinski definition) is 3. The number of carbonyl (C=O) groups excluding carboxylic acids is 1. The molecule has 0 fully saturated rings. The molecule has 5 heteroatoms. The summed E-state index contributed by atoms with van der Waals surface area (Å²) in [7, 11) is 1.59. The molecule has 0 aliphatic rings. The average molecular weight is 263 g/mol. The Balaban J connectivity index is 2.46. The number of benzene rings is 1. The van der Waals surface area contributed by atoms with Crippen LogP contribution in [0.25, 0.3) is 0 Å². The van der Waals surface area contributed by atoms with Crippen molar-refractivity contribution in [3.05, 3.63) is 35.9 Å². The predicted molar refractivity (Wildman–Crippen MR) is 78.4 cm³/mol. The Kier molecular flexibility index (Phi) is 5.89. The second kappa shape index (κ2) is 7.43. The zero-order valence-electron chi connectivity index (χ0n) is 11.5. The molecule has 0 saturated carbocycles. The van der Waals surface area contributed by atoms with Crippen LogP contribution in [0.3, 0.4) is 0 Å². The van der Waals surface area contributed by atoms with Crippen molar-refractivity contribution < 1.29 is 9.53 Å². The van der Waals surface area contributed by atoms with Crippen LogP contribution in [-0.4, -0.2) is 32.7 Å². The van der Waals surface area contributed by atoms with Gasteiger partial charge < -0.3 is 21.1 Å². The molecule has 1 rings (SSSR count). The van der Waals surface area contributed by atoms with Crippen molar-refractivity contribution in [2.24, 2.45) is 0 Å². The quantitative estimate of drug-likeness (QED) is 0.397. The van der Waals surface area contributed by atoms with E-state index in [1.54, 1.807) is 25.2 Å². The molecule has 0 bridgehead atoms. The van der Waals surface area contributed by atoms with Crippen molar-refractivity contribution in [1.82, 2.24) is 5.32 Å². The van der Waals surface area contributed by atoms with Crippen molar-refractivity contribution in [3.63, 3.8) is 0 Å². The van der Waals surface area contributed by atoms with Gasteiger partial charge >= 0.3 is 0 Å². The van der Waals surface area contributed by atoms with E-state index in [-0.39, 0.29) is 5.91 Å². The molecule has 5 nitrogen and oxygen atoms in total. The summed E-state index contributed by atoms with van der Waals surface area (Å²) in [6.45, 7) is 7.46. The Bertz CT molecular complexity index is 458. The van der Waals surface area contributed by atoms with E-state index in [9.17, 15) is 4.79 Å². The first-order valence-corrected chi connectivity index (χ1v) is 6.12. The van der Waals surface area contributed by atoms with Gasteiger partial charge in [0.15, 0.2) is 0 Å². The van der Waals surface area contributed by atoms with E-state index in [1.165, 1.54) is 0 Å². The van der Waals surface area contributed by atoms with E-state index in [0.717, 1.165) is 11.3 Å². The number of rotatable bonds is 7. The molecule has 0 aromatic heterocycles. The smallest absolute Gasteiger partial charge is 0.251 e. The number of carbonyl (C=O) groups is 1. The summed E-state index contributed by atoms with van der Waals surface area (Å²) in [5, 5.41) is 5.71. The molecule has 19 heavy (non-hydrogen) atoms. The lowest BCUT2D eigenvalue weighted by molar-refractivity contribution is 0.0963. The number of nitrogens with one attached hydrogen (secondary N) is 2. The molecule has 0 radical (unpaired) electrons. The second-order valence-electron chi connectivity index (χ2n) is 4.32. The summed E-state index contributed by atoms with van der Waals surface area (Å²) >= 11 is 0. The Morgan fingerprint density at radius 3 is 2.79 bits per heavy atom. The molecule has 1 aromatic carbocycles. The van der Waals surface area contributed by atoms with Crippen LogP contribution in [0.4, 0.5) is 11.4 Å². The molecule has 0 saturated heterocycles. The number of amides is 1. The van der Waals surface area contributed by atoms with Crippen LogP contribution in [0.1, 0.15) is 17.3 Å². The van der Waals surface area contributed by atoms with Crippen LogP contribution in [0.15, 0.2) is 30.4 Å². The summed E-state index contributed by atoms with van der Waals surface area (Å²) in [6.07, 6.45) is 0. The van der Waals surface area contributed by atoms with Gasteiger partial charge in [0.2, 0.25) is 0 Å². The topological polar surface area (TPSA) is 76.4 Å². The van der Waals surface area contributed by atoms with Crippen molar-refractivity contribution in [3.8, 4) is 0 Å². The van der Waals surface area contributed by atoms with E-state index in [1.807, 2.05) is 6.92 Å². The molecule has 1 aromatic rings. The monoisotopic (exact) mass is 263 g/mol. The Hall–Kier alpha value is -2.01. The van der Waals surface area contributed by atoms with Gasteiger partial charge in [-0.15, -0.1) is 0 Å². The zero-order valence-corrected chi connectivity index (χ0v) is 11.5.